The molecule has 1 amide bonds. The van der Waals surface area contributed by atoms with Crippen LogP contribution in [0.4, 0.5) is 13.2 Å². The summed E-state index contributed by atoms with van der Waals surface area (Å²) in [5.74, 6) is -2.08. The molecule has 0 fully saturated rings. The monoisotopic (exact) mass is 364 g/mol. The van der Waals surface area contributed by atoms with Gasteiger partial charge in [0.05, 0.1) is 6.54 Å². The Morgan fingerprint density at radius 2 is 1.88 bits per heavy atom. The van der Waals surface area contributed by atoms with E-state index in [0.717, 1.165) is 33.4 Å². The molecule has 3 nitrogen and oxygen atoms in total. The van der Waals surface area contributed by atoms with Gasteiger partial charge < -0.3 is 4.57 Å². The first-order valence-corrected chi connectivity index (χ1v) is 8.58. The van der Waals surface area contributed by atoms with Gasteiger partial charge in [0.2, 0.25) is 0 Å². The molecule has 3 aromatic rings. The van der Waals surface area contributed by atoms with E-state index in [9.17, 15) is 18.0 Å². The van der Waals surface area contributed by atoms with E-state index in [1.807, 2.05) is 49.4 Å². The van der Waals surface area contributed by atoms with Gasteiger partial charge in [0, 0.05) is 11.1 Å². The largest absolute Gasteiger partial charge is 0.473 e. The average molecular weight is 364 g/mol. The third-order valence-electron chi connectivity index (χ3n) is 3.89. The highest BCUT2D eigenvalue weighted by molar-refractivity contribution is 7.07. The Bertz CT molecular complexity index is 980. The molecule has 0 saturated carbocycles. The average Bonchev–Trinajstić information content (AvgIpc) is 2.96. The number of fused-ring (bicyclic) bond motifs is 1. The Hall–Kier alpha value is -2.41. The van der Waals surface area contributed by atoms with Gasteiger partial charge in [-0.25, -0.2) is 0 Å². The number of hydrogen-bond acceptors (Lipinski definition) is 2. The molecule has 130 valence electrons. The highest BCUT2D eigenvalue weighted by Gasteiger charge is 2.38. The van der Waals surface area contributed by atoms with Crippen LogP contribution in [0.15, 0.2) is 52.8 Å². The first-order chi connectivity index (χ1) is 11.9. The molecule has 0 aliphatic heterocycles. The highest BCUT2D eigenvalue weighted by atomic mass is 32.1. The van der Waals surface area contributed by atoms with Crippen LogP contribution in [0.25, 0.3) is 10.8 Å². The molecule has 0 spiro atoms. The van der Waals surface area contributed by atoms with Crippen LogP contribution in [-0.4, -0.2) is 16.7 Å². The second-order valence-corrected chi connectivity index (χ2v) is 6.34. The van der Waals surface area contributed by atoms with Crippen LogP contribution < -0.4 is 4.80 Å². The molecule has 3 rings (SSSR count). The predicted octanol–water partition coefficient (Wildman–Crippen LogP) is 4.30. The molecule has 7 heteroatoms. The van der Waals surface area contributed by atoms with Gasteiger partial charge in [0.25, 0.3) is 0 Å². The van der Waals surface area contributed by atoms with Gasteiger partial charge in [-0.05, 0) is 22.8 Å². The Morgan fingerprint density at radius 1 is 1.16 bits per heavy atom. The van der Waals surface area contributed by atoms with Crippen LogP contribution in [0.3, 0.4) is 0 Å². The summed E-state index contributed by atoms with van der Waals surface area (Å²) in [5.41, 5.74) is 1.80. The van der Waals surface area contributed by atoms with E-state index in [2.05, 4.69) is 4.99 Å². The summed E-state index contributed by atoms with van der Waals surface area (Å²) in [6, 6.07) is 13.6. The number of nitrogens with zero attached hydrogens (tertiary/aromatic N) is 2. The van der Waals surface area contributed by atoms with Crippen molar-refractivity contribution < 1.29 is 18.0 Å². The predicted molar refractivity (Wildman–Crippen MR) is 91.4 cm³/mol. The molecule has 1 aromatic heterocycles. The zero-order valence-electron chi connectivity index (χ0n) is 13.4. The maximum atomic E-state index is 12.5. The lowest BCUT2D eigenvalue weighted by Crippen LogP contribution is -2.26. The van der Waals surface area contributed by atoms with Crippen LogP contribution in [0.2, 0.25) is 0 Å². The minimum atomic E-state index is -4.96. The van der Waals surface area contributed by atoms with Gasteiger partial charge in [-0.1, -0.05) is 49.4 Å². The number of alkyl halides is 3. The van der Waals surface area contributed by atoms with Crippen molar-refractivity contribution in [1.29, 1.82) is 0 Å². The van der Waals surface area contributed by atoms with Crippen molar-refractivity contribution in [2.45, 2.75) is 26.1 Å². The van der Waals surface area contributed by atoms with E-state index in [1.54, 1.807) is 9.95 Å². The first-order valence-electron chi connectivity index (χ1n) is 7.70. The number of hydrogen-bond donors (Lipinski definition) is 0. The van der Waals surface area contributed by atoms with E-state index in [-0.39, 0.29) is 4.80 Å². The van der Waals surface area contributed by atoms with Crippen LogP contribution >= 0.6 is 11.3 Å². The topological polar surface area (TPSA) is 34.4 Å². The summed E-state index contributed by atoms with van der Waals surface area (Å²) in [6.45, 7) is 2.27. The summed E-state index contributed by atoms with van der Waals surface area (Å²) in [6.07, 6.45) is -4.33. The Kier molecular flexibility index (Phi) is 4.76. The Labute approximate surface area is 146 Å². The lowest BCUT2D eigenvalue weighted by atomic mass is 10.0. The number of carbonyl (C=O) groups excluding carboxylic acids is 1. The standard InChI is InChI=1S/C18H15F3N2OS/c1-2-14-11-25-17(22-16(24)18(19,20)21)23(14)10-13-8-5-7-12-6-3-4-9-15(12)13/h3-9,11H,2,10H2,1H3/b22-17-. The molecule has 0 bridgehead atoms. The van der Waals surface area contributed by atoms with E-state index in [0.29, 0.717) is 13.0 Å². The van der Waals surface area contributed by atoms with Crippen molar-refractivity contribution in [3.8, 4) is 0 Å². The number of amides is 1. The zero-order valence-corrected chi connectivity index (χ0v) is 14.2. The SMILES string of the molecule is CCc1cs/c(=N\C(=O)C(F)(F)F)n1Cc1cccc2ccccc12. The molecular formula is C18H15F3N2OS. The molecular weight excluding hydrogens is 349 g/mol. The van der Waals surface area contributed by atoms with Gasteiger partial charge in [-0.2, -0.15) is 18.2 Å². The third kappa shape index (κ3) is 3.66. The fourth-order valence-electron chi connectivity index (χ4n) is 2.65. The van der Waals surface area contributed by atoms with E-state index in [4.69, 9.17) is 0 Å². The fourth-order valence-corrected chi connectivity index (χ4v) is 3.63. The lowest BCUT2D eigenvalue weighted by Gasteiger charge is -2.11. The molecule has 0 atom stereocenters. The lowest BCUT2D eigenvalue weighted by molar-refractivity contribution is -0.169. The number of aryl methyl sites for hydroxylation is 1. The maximum Gasteiger partial charge on any atom is 0.473 e. The molecule has 0 unspecified atom stereocenters. The summed E-state index contributed by atoms with van der Waals surface area (Å²) in [4.78, 5) is 14.6. The zero-order chi connectivity index (χ0) is 18.0. The van der Waals surface area contributed by atoms with Gasteiger partial charge in [-0.3, -0.25) is 4.79 Å². The summed E-state index contributed by atoms with van der Waals surface area (Å²) in [7, 11) is 0. The number of halogens is 3. The molecule has 0 N–H and O–H groups in total. The fraction of sp³-hybridized carbons (Fsp3) is 0.222. The van der Waals surface area contributed by atoms with Crippen molar-refractivity contribution >= 4 is 28.0 Å². The molecule has 0 saturated heterocycles. The Balaban J connectivity index is 2.09. The van der Waals surface area contributed by atoms with E-state index < -0.39 is 12.1 Å². The van der Waals surface area contributed by atoms with E-state index >= 15 is 0 Å². The number of benzene rings is 2. The molecule has 0 aliphatic carbocycles. The van der Waals surface area contributed by atoms with Crippen LogP contribution in [-0.2, 0) is 17.8 Å². The molecule has 0 aliphatic rings. The Morgan fingerprint density at radius 3 is 2.60 bits per heavy atom. The van der Waals surface area contributed by atoms with Crippen molar-refractivity contribution in [1.82, 2.24) is 4.57 Å². The second kappa shape index (κ2) is 6.84. The van der Waals surface area contributed by atoms with E-state index in [1.165, 1.54) is 0 Å². The molecule has 2 aromatic carbocycles. The summed E-state index contributed by atoms with van der Waals surface area (Å²) in [5, 5.41) is 3.82. The van der Waals surface area contributed by atoms with Crippen LogP contribution in [0.1, 0.15) is 18.2 Å². The maximum absolute atomic E-state index is 12.5. The minimum absolute atomic E-state index is 0.0621. The normalized spacial score (nSPS) is 12.7. The molecule has 0 radical (unpaired) electrons. The van der Waals surface area contributed by atoms with Gasteiger partial charge in [-0.15, -0.1) is 11.3 Å². The molecule has 1 heterocycles. The summed E-state index contributed by atoms with van der Waals surface area (Å²) >= 11 is 1.05. The van der Waals surface area contributed by atoms with Crippen molar-refractivity contribution in [2.75, 3.05) is 0 Å². The van der Waals surface area contributed by atoms with Crippen molar-refractivity contribution in [2.24, 2.45) is 4.99 Å². The van der Waals surface area contributed by atoms with Gasteiger partial charge in [0.15, 0.2) is 4.80 Å². The van der Waals surface area contributed by atoms with Crippen molar-refractivity contribution in [3.63, 3.8) is 0 Å². The molecule has 25 heavy (non-hydrogen) atoms. The van der Waals surface area contributed by atoms with Gasteiger partial charge >= 0.3 is 12.1 Å². The first kappa shape index (κ1) is 17.4. The third-order valence-corrected chi connectivity index (χ3v) is 4.80. The smallest absolute Gasteiger partial charge is 0.316 e. The minimum Gasteiger partial charge on any atom is -0.316 e. The highest BCUT2D eigenvalue weighted by Crippen LogP contribution is 2.20. The summed E-state index contributed by atoms with van der Waals surface area (Å²) < 4.78 is 39.3. The number of carbonyl (C=O) groups is 1. The van der Waals surface area contributed by atoms with Crippen LogP contribution in [0, 0.1) is 0 Å². The van der Waals surface area contributed by atoms with Crippen molar-refractivity contribution in [3.05, 3.63) is 63.9 Å². The number of aromatic nitrogens is 1. The second-order valence-electron chi connectivity index (χ2n) is 5.50. The van der Waals surface area contributed by atoms with Gasteiger partial charge in [0.1, 0.15) is 0 Å². The number of thiazole rings is 1. The number of rotatable bonds is 3. The van der Waals surface area contributed by atoms with Crippen LogP contribution in [0.5, 0.6) is 0 Å². The quantitative estimate of drug-likeness (QED) is 0.682.